The third kappa shape index (κ3) is 8.05. The lowest BCUT2D eigenvalue weighted by Gasteiger charge is -2.11. The monoisotopic (exact) mass is 1140 g/mol. The lowest BCUT2D eigenvalue weighted by molar-refractivity contribution is 1.07. The van der Waals surface area contributed by atoms with Crippen LogP contribution in [0.5, 0.6) is 0 Å². The summed E-state index contributed by atoms with van der Waals surface area (Å²) in [4.78, 5) is 15.2. The van der Waals surface area contributed by atoms with Crippen LogP contribution in [-0.4, -0.2) is 28.7 Å². The Hall–Kier alpha value is -11.5. The molecule has 0 aliphatic carbocycles. The fourth-order valence-corrected chi connectivity index (χ4v) is 14.7. The summed E-state index contributed by atoms with van der Waals surface area (Å²) in [7, 11) is 0. The number of fused-ring (bicyclic) bond motifs is 12. The number of benzene rings is 13. The number of nitrogens with zero attached hydrogens (tertiary/aromatic N) is 6. The molecule has 18 aromatic rings. The van der Waals surface area contributed by atoms with Gasteiger partial charge in [-0.3, -0.25) is 0 Å². The maximum atomic E-state index is 5.10. The number of rotatable bonds is 9. The third-order valence-corrected chi connectivity index (χ3v) is 18.8. The highest BCUT2D eigenvalue weighted by Crippen LogP contribution is 2.45. The Morgan fingerprint density at radius 2 is 0.614 bits per heavy atom. The van der Waals surface area contributed by atoms with Crippen molar-refractivity contribution in [2.45, 2.75) is 0 Å². The first kappa shape index (κ1) is 49.9. The number of hydrogen-bond donors (Lipinski definition) is 0. The molecule has 5 heterocycles. The summed E-state index contributed by atoms with van der Waals surface area (Å²) >= 11 is 1.85. The van der Waals surface area contributed by atoms with Crippen LogP contribution in [0.25, 0.3) is 170 Å². The van der Waals surface area contributed by atoms with E-state index in [0.717, 1.165) is 55.9 Å². The SMILES string of the molecule is c1ccc(-c2ccc3c(c2)c2cc(-c4ccc5c(c4)c4ccccc4n5-c4ccccc4)ccc2n3-c2ccc3sc4ccc(-n5c6ccccc6c6c(-c7cccc(-c8nc(-c9ccccc9)nc(-c9ccccc9)n8)c7)cccc65)cc4c3c2)cc1. The van der Waals surface area contributed by atoms with Crippen molar-refractivity contribution in [3.05, 3.63) is 303 Å². The first-order valence-corrected chi connectivity index (χ1v) is 30.6. The standard InChI is InChI=1S/C81H50N6S/c1-5-19-51(20-6-1)54-35-40-73-66(46-54)67-48-56(55-36-41-72-65(47-55)63-29-13-15-32-70(63)85(72)59-27-11-4-12-28-59)37-42-74(67)86(73)60-38-43-76-68(49-60)69-50-61(39-44-77(69)88-76)87-71-33-16-14-30-64(71)78-62(31-18-34-75(78)87)57-25-17-26-58(45-57)81-83-79(52-21-7-2-8-22-52)82-80(84-81)53-23-9-3-10-24-53/h1-50H. The van der Waals surface area contributed by atoms with Gasteiger partial charge in [0.1, 0.15) is 0 Å². The van der Waals surface area contributed by atoms with Crippen molar-refractivity contribution in [3.63, 3.8) is 0 Å². The Labute approximate surface area is 510 Å². The summed E-state index contributed by atoms with van der Waals surface area (Å²) in [5.74, 6) is 1.90. The topological polar surface area (TPSA) is 53.5 Å². The van der Waals surface area contributed by atoms with Crippen LogP contribution in [0.4, 0.5) is 0 Å². The fraction of sp³-hybridized carbons (Fsp3) is 0. The molecule has 0 radical (unpaired) electrons. The van der Waals surface area contributed by atoms with Crippen molar-refractivity contribution in [2.75, 3.05) is 0 Å². The molecule has 0 fully saturated rings. The van der Waals surface area contributed by atoms with Crippen LogP contribution >= 0.6 is 11.3 Å². The van der Waals surface area contributed by atoms with E-state index in [9.17, 15) is 0 Å². The minimum absolute atomic E-state index is 0.627. The molecular formula is C81H50N6S. The second kappa shape index (κ2) is 20.1. The van der Waals surface area contributed by atoms with Crippen LogP contribution in [-0.2, 0) is 0 Å². The van der Waals surface area contributed by atoms with Crippen LogP contribution in [0.1, 0.15) is 0 Å². The molecule has 13 aromatic carbocycles. The normalized spacial score (nSPS) is 11.9. The molecule has 0 N–H and O–H groups in total. The van der Waals surface area contributed by atoms with Gasteiger partial charge in [-0.25, -0.2) is 15.0 Å². The van der Waals surface area contributed by atoms with Gasteiger partial charge in [0.25, 0.3) is 0 Å². The minimum Gasteiger partial charge on any atom is -0.309 e. The summed E-state index contributed by atoms with van der Waals surface area (Å²) in [6, 6.07) is 110. The third-order valence-electron chi connectivity index (χ3n) is 17.7. The quantitative estimate of drug-likeness (QED) is 0.145. The van der Waals surface area contributed by atoms with Crippen molar-refractivity contribution in [1.82, 2.24) is 28.7 Å². The Kier molecular flexibility index (Phi) is 11.4. The van der Waals surface area contributed by atoms with Crippen LogP contribution in [0, 0.1) is 0 Å². The number of hydrogen-bond acceptors (Lipinski definition) is 4. The summed E-state index contributed by atoms with van der Waals surface area (Å²) in [6.07, 6.45) is 0. The zero-order valence-electron chi connectivity index (χ0n) is 47.5. The average Bonchev–Trinajstić information content (AvgIpc) is 2.49. The lowest BCUT2D eigenvalue weighted by atomic mass is 9.97. The Morgan fingerprint density at radius 1 is 0.216 bits per heavy atom. The highest BCUT2D eigenvalue weighted by molar-refractivity contribution is 7.25. The van der Waals surface area contributed by atoms with E-state index in [2.05, 4.69) is 256 Å². The highest BCUT2D eigenvalue weighted by atomic mass is 32.1. The summed E-state index contributed by atoms with van der Waals surface area (Å²) in [6.45, 7) is 0. The molecule has 0 saturated heterocycles. The molecule has 0 atom stereocenters. The predicted molar refractivity (Wildman–Crippen MR) is 368 cm³/mol. The van der Waals surface area contributed by atoms with Gasteiger partial charge in [-0.15, -0.1) is 11.3 Å². The number of aromatic nitrogens is 6. The molecular weight excluding hydrogens is 1090 g/mol. The predicted octanol–water partition coefficient (Wildman–Crippen LogP) is 21.5. The van der Waals surface area contributed by atoms with Crippen molar-refractivity contribution >= 4 is 96.9 Å². The van der Waals surface area contributed by atoms with Crippen molar-refractivity contribution in [1.29, 1.82) is 0 Å². The molecule has 5 aromatic heterocycles. The molecule has 0 unspecified atom stereocenters. The van der Waals surface area contributed by atoms with Gasteiger partial charge in [0.15, 0.2) is 17.5 Å². The summed E-state index contributed by atoms with van der Waals surface area (Å²) in [5, 5.41) is 9.76. The smallest absolute Gasteiger partial charge is 0.164 e. The maximum absolute atomic E-state index is 5.10. The first-order chi connectivity index (χ1) is 43.6. The second-order valence-electron chi connectivity index (χ2n) is 22.7. The van der Waals surface area contributed by atoms with E-state index in [1.165, 1.54) is 96.8 Å². The molecule has 6 nitrogen and oxygen atoms in total. The molecule has 0 spiro atoms. The van der Waals surface area contributed by atoms with E-state index >= 15 is 0 Å². The van der Waals surface area contributed by atoms with Crippen molar-refractivity contribution < 1.29 is 0 Å². The molecule has 18 rings (SSSR count). The number of thiophene rings is 1. The molecule has 7 heteroatoms. The molecule has 0 aliphatic heterocycles. The first-order valence-electron chi connectivity index (χ1n) is 29.8. The number of para-hydroxylation sites is 3. The Bertz CT molecular complexity index is 5740. The van der Waals surface area contributed by atoms with Gasteiger partial charge in [0.05, 0.1) is 33.1 Å². The van der Waals surface area contributed by atoms with Gasteiger partial charge in [-0.05, 0) is 143 Å². The van der Waals surface area contributed by atoms with E-state index < -0.39 is 0 Å². The van der Waals surface area contributed by atoms with Crippen LogP contribution in [0.15, 0.2) is 303 Å². The Balaban J connectivity index is 0.764. The van der Waals surface area contributed by atoms with Gasteiger partial charge >= 0.3 is 0 Å². The second-order valence-corrected chi connectivity index (χ2v) is 23.8. The van der Waals surface area contributed by atoms with Gasteiger partial charge in [-0.2, -0.15) is 0 Å². The van der Waals surface area contributed by atoms with Gasteiger partial charge in [0, 0.05) is 86.2 Å². The molecule has 410 valence electrons. The highest BCUT2D eigenvalue weighted by Gasteiger charge is 2.22. The van der Waals surface area contributed by atoms with Gasteiger partial charge in [0.2, 0.25) is 0 Å². The van der Waals surface area contributed by atoms with E-state index in [-0.39, 0.29) is 0 Å². The van der Waals surface area contributed by atoms with Crippen molar-refractivity contribution in [2.24, 2.45) is 0 Å². The molecule has 0 bridgehead atoms. The summed E-state index contributed by atoms with van der Waals surface area (Å²) in [5.41, 5.74) is 20.2. The zero-order valence-corrected chi connectivity index (χ0v) is 48.3. The molecule has 0 amide bonds. The van der Waals surface area contributed by atoms with E-state index in [0.29, 0.717) is 17.5 Å². The molecule has 0 saturated carbocycles. The molecule has 0 aliphatic rings. The lowest BCUT2D eigenvalue weighted by Crippen LogP contribution is -2.00. The van der Waals surface area contributed by atoms with E-state index in [1.54, 1.807) is 0 Å². The van der Waals surface area contributed by atoms with Crippen LogP contribution in [0.2, 0.25) is 0 Å². The van der Waals surface area contributed by atoms with Crippen LogP contribution in [0.3, 0.4) is 0 Å². The van der Waals surface area contributed by atoms with E-state index in [4.69, 9.17) is 15.0 Å². The zero-order chi connectivity index (χ0) is 57.8. The van der Waals surface area contributed by atoms with Crippen LogP contribution < -0.4 is 0 Å². The largest absolute Gasteiger partial charge is 0.309 e. The Morgan fingerprint density at radius 3 is 1.19 bits per heavy atom. The van der Waals surface area contributed by atoms with Gasteiger partial charge in [-0.1, -0.05) is 194 Å². The van der Waals surface area contributed by atoms with Gasteiger partial charge < -0.3 is 13.7 Å². The minimum atomic E-state index is 0.627. The van der Waals surface area contributed by atoms with E-state index in [1.807, 2.05) is 72.0 Å². The maximum Gasteiger partial charge on any atom is 0.164 e. The summed E-state index contributed by atoms with van der Waals surface area (Å²) < 4.78 is 9.81. The average molecular weight is 1140 g/mol. The fourth-order valence-electron chi connectivity index (χ4n) is 13.6. The van der Waals surface area contributed by atoms with Crippen molar-refractivity contribution in [3.8, 4) is 84.6 Å². The molecule has 88 heavy (non-hydrogen) atoms.